The Labute approximate surface area is 183 Å². The molecule has 0 bridgehead atoms. The van der Waals surface area contributed by atoms with Gasteiger partial charge >= 0.3 is 0 Å². The van der Waals surface area contributed by atoms with Gasteiger partial charge in [-0.25, -0.2) is 9.98 Å². The average molecular weight is 416 g/mol. The van der Waals surface area contributed by atoms with E-state index in [1.165, 1.54) is 5.69 Å². The second-order valence-electron chi connectivity index (χ2n) is 8.62. The van der Waals surface area contributed by atoms with Crippen molar-refractivity contribution < 1.29 is 0 Å². The second kappa shape index (κ2) is 7.98. The molecule has 0 fully saturated rings. The number of benzene rings is 2. The van der Waals surface area contributed by atoms with Gasteiger partial charge in [-0.3, -0.25) is 0 Å². The largest absolute Gasteiger partial charge is 0.399 e. The standard InChI is InChI=1S/C24H29N7/c1-6-30(7-2)19-14-12-18(13-15-19)26-20-21(24(3,4)5)28-31-23(20)27-22(29-31)16-8-10-17(25)11-9-16/h8-15H,6-7,25H2,1-5H3. The van der Waals surface area contributed by atoms with Crippen LogP contribution in [0.25, 0.3) is 11.4 Å². The predicted octanol–water partition coefficient (Wildman–Crippen LogP) is 4.76. The summed E-state index contributed by atoms with van der Waals surface area (Å²) in [5.74, 6) is 1.26. The van der Waals surface area contributed by atoms with E-state index >= 15 is 0 Å². The minimum absolute atomic E-state index is 0.191. The summed E-state index contributed by atoms with van der Waals surface area (Å²) in [6.07, 6.45) is 0. The minimum atomic E-state index is -0.191. The zero-order valence-electron chi connectivity index (χ0n) is 18.8. The summed E-state index contributed by atoms with van der Waals surface area (Å²) in [5.41, 5.74) is 10.9. The highest BCUT2D eigenvalue weighted by molar-refractivity contribution is 6.50. The highest BCUT2D eigenvalue weighted by Crippen LogP contribution is 2.29. The SMILES string of the molecule is CCN(CC)c1ccc(N=C2C(C(C)(C)C)=Nn3nc(-c4ccc(N)cc4)nc32)cc1. The number of nitrogen functional groups attached to an aromatic ring is 1. The summed E-state index contributed by atoms with van der Waals surface area (Å²) in [6, 6.07) is 15.8. The molecule has 1 aliphatic rings. The van der Waals surface area contributed by atoms with E-state index in [0.717, 1.165) is 35.8 Å². The third-order valence-electron chi connectivity index (χ3n) is 5.32. The Morgan fingerprint density at radius 1 is 0.968 bits per heavy atom. The van der Waals surface area contributed by atoms with Crippen LogP contribution >= 0.6 is 0 Å². The van der Waals surface area contributed by atoms with Crippen LogP contribution in [0.3, 0.4) is 0 Å². The lowest BCUT2D eigenvalue weighted by Crippen LogP contribution is -2.27. The molecule has 0 radical (unpaired) electrons. The van der Waals surface area contributed by atoms with Crippen LogP contribution in [-0.2, 0) is 0 Å². The molecule has 3 aromatic rings. The van der Waals surface area contributed by atoms with Crippen molar-refractivity contribution in [3.63, 3.8) is 0 Å². The van der Waals surface area contributed by atoms with Crippen molar-refractivity contribution in [1.29, 1.82) is 0 Å². The molecular weight excluding hydrogens is 386 g/mol. The summed E-state index contributed by atoms with van der Waals surface area (Å²) in [7, 11) is 0. The Balaban J connectivity index is 1.74. The van der Waals surface area contributed by atoms with Crippen LogP contribution in [-0.4, -0.2) is 39.4 Å². The van der Waals surface area contributed by atoms with Gasteiger partial charge in [-0.2, -0.15) is 5.10 Å². The van der Waals surface area contributed by atoms with Crippen molar-refractivity contribution in [2.24, 2.45) is 15.5 Å². The van der Waals surface area contributed by atoms with Gasteiger partial charge in [-0.1, -0.05) is 20.8 Å². The molecule has 2 aromatic carbocycles. The molecule has 4 rings (SSSR count). The Morgan fingerprint density at radius 3 is 2.19 bits per heavy atom. The van der Waals surface area contributed by atoms with Crippen molar-refractivity contribution in [2.75, 3.05) is 23.7 Å². The zero-order chi connectivity index (χ0) is 22.2. The maximum Gasteiger partial charge on any atom is 0.204 e. The predicted molar refractivity (Wildman–Crippen MR) is 128 cm³/mol. The van der Waals surface area contributed by atoms with Gasteiger partial charge in [0.05, 0.1) is 11.4 Å². The van der Waals surface area contributed by atoms with Crippen LogP contribution in [0.5, 0.6) is 0 Å². The molecule has 2 heterocycles. The first-order valence-corrected chi connectivity index (χ1v) is 10.7. The Morgan fingerprint density at radius 2 is 1.61 bits per heavy atom. The van der Waals surface area contributed by atoms with Crippen LogP contribution in [0.1, 0.15) is 40.4 Å². The van der Waals surface area contributed by atoms with Gasteiger partial charge in [0.2, 0.25) is 5.82 Å². The zero-order valence-corrected chi connectivity index (χ0v) is 18.8. The molecule has 1 aromatic heterocycles. The number of aromatic nitrogens is 3. The summed E-state index contributed by atoms with van der Waals surface area (Å²) < 4.78 is 0. The van der Waals surface area contributed by atoms with Gasteiger partial charge in [0.25, 0.3) is 0 Å². The number of nitrogens with two attached hydrogens (primary N) is 1. The van der Waals surface area contributed by atoms with Crippen molar-refractivity contribution in [3.05, 3.63) is 54.4 Å². The highest BCUT2D eigenvalue weighted by Gasteiger charge is 2.34. The van der Waals surface area contributed by atoms with Crippen molar-refractivity contribution >= 4 is 28.5 Å². The smallest absolute Gasteiger partial charge is 0.204 e. The van der Waals surface area contributed by atoms with Gasteiger partial charge in [0.15, 0.2) is 5.82 Å². The van der Waals surface area contributed by atoms with Gasteiger partial charge in [-0.15, -0.1) is 9.89 Å². The van der Waals surface area contributed by atoms with E-state index in [0.29, 0.717) is 17.3 Å². The summed E-state index contributed by atoms with van der Waals surface area (Å²) >= 11 is 0. The summed E-state index contributed by atoms with van der Waals surface area (Å²) in [5, 5.41) is 9.33. The molecule has 0 atom stereocenters. The molecule has 7 heteroatoms. The van der Waals surface area contributed by atoms with Crippen molar-refractivity contribution in [2.45, 2.75) is 34.6 Å². The Bertz CT molecular complexity index is 1130. The molecule has 7 nitrogen and oxygen atoms in total. The molecule has 0 saturated heterocycles. The van der Waals surface area contributed by atoms with Crippen LogP contribution in [0.2, 0.25) is 0 Å². The molecular formula is C24H29N7. The lowest BCUT2D eigenvalue weighted by molar-refractivity contribution is 0.589. The van der Waals surface area contributed by atoms with Crippen molar-refractivity contribution in [3.8, 4) is 11.4 Å². The van der Waals surface area contributed by atoms with Crippen LogP contribution in [0.4, 0.5) is 17.1 Å². The quantitative estimate of drug-likeness (QED) is 0.609. The number of aliphatic imine (C=N–C) groups is 1. The molecule has 0 spiro atoms. The third-order valence-corrected chi connectivity index (χ3v) is 5.32. The number of anilines is 2. The first-order valence-electron chi connectivity index (χ1n) is 10.7. The fraction of sp³-hybridized carbons (Fsp3) is 0.333. The maximum absolute atomic E-state index is 5.81. The van der Waals surface area contributed by atoms with Crippen molar-refractivity contribution in [1.82, 2.24) is 14.9 Å². The Hall–Kier alpha value is -3.48. The van der Waals surface area contributed by atoms with Gasteiger partial charge < -0.3 is 10.6 Å². The van der Waals surface area contributed by atoms with E-state index in [2.05, 4.69) is 56.8 Å². The topological polar surface area (TPSA) is 84.7 Å². The monoisotopic (exact) mass is 415 g/mol. The molecule has 2 N–H and O–H groups in total. The number of rotatable bonds is 5. The first kappa shape index (κ1) is 20.8. The van der Waals surface area contributed by atoms with E-state index in [1.54, 1.807) is 4.79 Å². The lowest BCUT2D eigenvalue weighted by atomic mass is 9.87. The van der Waals surface area contributed by atoms with E-state index < -0.39 is 0 Å². The average Bonchev–Trinajstić information content (AvgIpc) is 3.30. The van der Waals surface area contributed by atoms with Crippen LogP contribution in [0.15, 0.2) is 58.6 Å². The molecule has 0 unspecified atom stereocenters. The lowest BCUT2D eigenvalue weighted by Gasteiger charge is -2.21. The molecule has 0 amide bonds. The van der Waals surface area contributed by atoms with Gasteiger partial charge in [0, 0.05) is 35.4 Å². The van der Waals surface area contributed by atoms with E-state index in [1.807, 2.05) is 36.4 Å². The summed E-state index contributed by atoms with van der Waals surface area (Å²) in [6.45, 7) is 12.6. The number of nitrogens with zero attached hydrogens (tertiary/aromatic N) is 6. The number of hydrogen-bond donors (Lipinski definition) is 1. The minimum Gasteiger partial charge on any atom is -0.399 e. The van der Waals surface area contributed by atoms with Crippen LogP contribution < -0.4 is 10.6 Å². The van der Waals surface area contributed by atoms with Gasteiger partial charge in [-0.05, 0) is 62.4 Å². The molecule has 0 aliphatic carbocycles. The molecule has 1 aliphatic heterocycles. The second-order valence-corrected chi connectivity index (χ2v) is 8.62. The van der Waals surface area contributed by atoms with E-state index in [4.69, 9.17) is 20.8 Å². The number of hydrogen-bond acceptors (Lipinski definition) is 6. The Kier molecular flexibility index (Phi) is 5.35. The summed E-state index contributed by atoms with van der Waals surface area (Å²) in [4.78, 5) is 13.6. The normalized spacial score (nSPS) is 14.6. The highest BCUT2D eigenvalue weighted by atomic mass is 15.6. The van der Waals surface area contributed by atoms with E-state index in [9.17, 15) is 0 Å². The van der Waals surface area contributed by atoms with Crippen LogP contribution in [0, 0.1) is 5.41 Å². The fourth-order valence-corrected chi connectivity index (χ4v) is 3.59. The molecule has 0 saturated carbocycles. The fourth-order valence-electron chi connectivity index (χ4n) is 3.59. The first-order chi connectivity index (χ1) is 14.8. The van der Waals surface area contributed by atoms with Gasteiger partial charge in [0.1, 0.15) is 5.71 Å². The maximum atomic E-state index is 5.81. The number of fused-ring (bicyclic) bond motifs is 1. The van der Waals surface area contributed by atoms with E-state index in [-0.39, 0.29) is 5.41 Å². The third kappa shape index (κ3) is 4.08. The molecule has 160 valence electrons. The molecule has 31 heavy (non-hydrogen) atoms.